The van der Waals surface area contributed by atoms with Gasteiger partial charge in [-0.1, -0.05) is 60.5 Å². The molecule has 0 aromatic heterocycles. The van der Waals surface area contributed by atoms with Crippen LogP contribution >= 0.6 is 35.1 Å². The molecule has 0 aliphatic carbocycles. The van der Waals surface area contributed by atoms with Crippen LogP contribution in [0.2, 0.25) is 10.0 Å². The molecule has 2 unspecified atom stereocenters. The molecule has 3 aromatic carbocycles. The molecule has 46 heavy (non-hydrogen) atoms. The fourth-order valence-corrected chi connectivity index (χ4v) is 7.66. The average Bonchev–Trinajstić information content (AvgIpc) is 3.05. The molecule has 5 rings (SSSR count). The van der Waals surface area contributed by atoms with Gasteiger partial charge in [-0.25, -0.2) is 17.4 Å². The third-order valence-electron chi connectivity index (χ3n) is 7.51. The van der Waals surface area contributed by atoms with E-state index in [9.17, 15) is 23.1 Å². The second kappa shape index (κ2) is 15.2. The minimum Gasteiger partial charge on any atom is -0.486 e. The predicted molar refractivity (Wildman–Crippen MR) is 176 cm³/mol. The van der Waals surface area contributed by atoms with Gasteiger partial charge in [-0.15, -0.1) is 0 Å². The Hall–Kier alpha value is -3.04. The number of carbonyl (C=O) groups is 2. The lowest BCUT2D eigenvalue weighted by Gasteiger charge is -2.36. The molecule has 0 fully saturated rings. The van der Waals surface area contributed by atoms with E-state index in [1.807, 2.05) is 53.7 Å². The van der Waals surface area contributed by atoms with Gasteiger partial charge in [0, 0.05) is 24.5 Å². The Bertz CT molecular complexity index is 1680. The molecule has 246 valence electrons. The summed E-state index contributed by atoms with van der Waals surface area (Å²) in [5.41, 5.74) is 1.76. The van der Waals surface area contributed by atoms with E-state index in [0.717, 1.165) is 16.0 Å². The van der Waals surface area contributed by atoms with E-state index in [1.165, 1.54) is 30.1 Å². The van der Waals surface area contributed by atoms with Crippen molar-refractivity contribution in [2.24, 2.45) is 0 Å². The molecule has 11 nitrogen and oxygen atoms in total. The van der Waals surface area contributed by atoms with Crippen molar-refractivity contribution in [1.82, 2.24) is 19.7 Å². The molecule has 0 saturated heterocycles. The maximum Gasteiger partial charge on any atom is 0.251 e. The average molecular weight is 710 g/mol. The summed E-state index contributed by atoms with van der Waals surface area (Å²) >= 11 is 13.3. The molecule has 3 atom stereocenters. The maximum atomic E-state index is 13.8. The van der Waals surface area contributed by atoms with Crippen molar-refractivity contribution in [2.45, 2.75) is 47.7 Å². The Balaban J connectivity index is 1.24. The van der Waals surface area contributed by atoms with E-state index in [2.05, 4.69) is 15.4 Å². The van der Waals surface area contributed by atoms with Crippen LogP contribution in [0.1, 0.15) is 18.1 Å². The summed E-state index contributed by atoms with van der Waals surface area (Å²) < 4.78 is 41.0. The van der Waals surface area contributed by atoms with Gasteiger partial charge in [0.15, 0.2) is 17.6 Å². The van der Waals surface area contributed by atoms with Crippen molar-refractivity contribution in [2.75, 3.05) is 32.8 Å². The van der Waals surface area contributed by atoms with E-state index in [-0.39, 0.29) is 40.4 Å². The van der Waals surface area contributed by atoms with Crippen LogP contribution in [-0.4, -0.2) is 80.7 Å². The summed E-state index contributed by atoms with van der Waals surface area (Å²) in [5, 5.41) is 16.9. The first kappa shape index (κ1) is 34.3. The molecule has 0 spiro atoms. The van der Waals surface area contributed by atoms with Gasteiger partial charge in [0.25, 0.3) is 5.91 Å². The quantitative estimate of drug-likeness (QED) is 0.165. The summed E-state index contributed by atoms with van der Waals surface area (Å²) in [4.78, 5) is 27.8. The van der Waals surface area contributed by atoms with Gasteiger partial charge < -0.3 is 25.2 Å². The summed E-state index contributed by atoms with van der Waals surface area (Å²) in [5.74, 6) is 0.227. The van der Waals surface area contributed by atoms with Crippen LogP contribution in [0, 0.1) is 0 Å². The lowest BCUT2D eigenvalue weighted by Crippen LogP contribution is -2.56. The fraction of sp³-hybridized carbons (Fsp3) is 0.355. The summed E-state index contributed by atoms with van der Waals surface area (Å²) in [6, 6.07) is 15.4. The first-order valence-corrected chi connectivity index (χ1v) is 17.7. The third kappa shape index (κ3) is 8.26. The number of ether oxygens (including phenoxy) is 2. The Labute approximate surface area is 282 Å². The zero-order chi connectivity index (χ0) is 32.8. The Kier molecular flexibility index (Phi) is 11.4. The summed E-state index contributed by atoms with van der Waals surface area (Å²) in [7, 11) is -3.92. The first-order chi connectivity index (χ1) is 22.1. The summed E-state index contributed by atoms with van der Waals surface area (Å²) in [6.45, 7) is 3.19. The van der Waals surface area contributed by atoms with Gasteiger partial charge in [-0.05, 0) is 66.2 Å². The molecule has 2 aliphatic heterocycles. The number of rotatable bonds is 12. The molecular formula is C31H34Cl2N4O7S2. The predicted octanol–water partition coefficient (Wildman–Crippen LogP) is 3.20. The van der Waals surface area contributed by atoms with E-state index in [0.29, 0.717) is 37.7 Å². The molecule has 0 saturated carbocycles. The number of hydrogen-bond acceptors (Lipinski definition) is 9. The molecule has 2 amide bonds. The topological polar surface area (TPSA) is 146 Å². The Morgan fingerprint density at radius 1 is 1.02 bits per heavy atom. The third-order valence-corrected chi connectivity index (χ3v) is 11.0. The highest BCUT2D eigenvalue weighted by Crippen LogP contribution is 2.42. The lowest BCUT2D eigenvalue weighted by atomic mass is 9.98. The normalized spacial score (nSPS) is 17.4. The smallest absolute Gasteiger partial charge is 0.251 e. The van der Waals surface area contributed by atoms with Crippen LogP contribution in [0.5, 0.6) is 11.5 Å². The number of nitrogens with one attached hydrogen (secondary N) is 3. The number of nitrogens with zero attached hydrogens (tertiary/aromatic N) is 1. The Morgan fingerprint density at radius 2 is 1.74 bits per heavy atom. The zero-order valence-electron chi connectivity index (χ0n) is 24.9. The van der Waals surface area contributed by atoms with Gasteiger partial charge in [-0.2, -0.15) is 0 Å². The molecule has 3 aromatic rings. The highest BCUT2D eigenvalue weighted by atomic mass is 35.5. The number of sulfonamides is 1. The molecular weight excluding hydrogens is 675 g/mol. The number of aliphatic hydroxyl groups excluding tert-OH is 1. The molecule has 15 heteroatoms. The van der Waals surface area contributed by atoms with Crippen LogP contribution < -0.4 is 24.8 Å². The number of likely N-dealkylation sites (N-methyl/N-ethyl adjacent to an activating group) is 1. The van der Waals surface area contributed by atoms with Crippen molar-refractivity contribution in [3.63, 3.8) is 0 Å². The second-order valence-corrected chi connectivity index (χ2v) is 14.3. The number of benzene rings is 3. The molecule has 4 N–H and O–H groups in total. The van der Waals surface area contributed by atoms with Crippen molar-refractivity contribution in [3.8, 4) is 11.5 Å². The number of halogens is 2. The Morgan fingerprint density at radius 3 is 2.43 bits per heavy atom. The van der Waals surface area contributed by atoms with E-state index in [1.54, 1.807) is 0 Å². The lowest BCUT2D eigenvalue weighted by molar-refractivity contribution is -0.133. The van der Waals surface area contributed by atoms with Crippen LogP contribution in [0.3, 0.4) is 0 Å². The molecule has 2 heterocycles. The SMILES string of the molecule is CCN1Sc2cc3c(cc2CC1C(=O)N[C@@H](Cc1ccccc1)C(O)C(=O)NCCNS(=O)(=O)c1ccc(Cl)c(Cl)c1)OCCO3. The van der Waals surface area contributed by atoms with Crippen molar-refractivity contribution in [1.29, 1.82) is 0 Å². The van der Waals surface area contributed by atoms with Crippen LogP contribution in [0.15, 0.2) is 70.5 Å². The van der Waals surface area contributed by atoms with Gasteiger partial charge in [0.05, 0.1) is 21.0 Å². The van der Waals surface area contributed by atoms with Crippen LogP contribution in [0.4, 0.5) is 0 Å². The first-order valence-electron chi connectivity index (χ1n) is 14.7. The number of amides is 2. The molecule has 0 bridgehead atoms. The molecule has 0 radical (unpaired) electrons. The largest absolute Gasteiger partial charge is 0.486 e. The minimum atomic E-state index is -3.92. The number of carbonyl (C=O) groups excluding carboxylic acids is 2. The van der Waals surface area contributed by atoms with Crippen molar-refractivity contribution in [3.05, 3.63) is 81.8 Å². The highest BCUT2D eigenvalue weighted by molar-refractivity contribution is 7.97. The standard InChI is InChI=1S/C31H34Cl2N4O7S2/c1-2-37-25(15-20-16-26-27(18-28(20)45-37)44-13-12-43-26)30(39)36-24(14-19-6-4-3-5-7-19)29(38)31(40)34-10-11-35-46(41,42)21-8-9-22(32)23(33)17-21/h3-9,16-18,24-25,29,35,38H,2,10-15H2,1H3,(H,34,40)(H,36,39)/t24-,25?,29?/m0/s1. The summed E-state index contributed by atoms with van der Waals surface area (Å²) in [6.07, 6.45) is -1.03. The number of fused-ring (bicyclic) bond motifs is 2. The number of hydrogen-bond donors (Lipinski definition) is 4. The van der Waals surface area contributed by atoms with Gasteiger partial charge in [0.2, 0.25) is 15.9 Å². The van der Waals surface area contributed by atoms with Gasteiger partial charge >= 0.3 is 0 Å². The monoisotopic (exact) mass is 708 g/mol. The van der Waals surface area contributed by atoms with Crippen molar-refractivity contribution < 1.29 is 32.6 Å². The van der Waals surface area contributed by atoms with Gasteiger partial charge in [0.1, 0.15) is 19.3 Å². The van der Waals surface area contributed by atoms with E-state index in [4.69, 9.17) is 32.7 Å². The maximum absolute atomic E-state index is 13.8. The second-order valence-electron chi connectivity index (χ2n) is 10.7. The fourth-order valence-electron chi connectivity index (χ4n) is 5.14. The minimum absolute atomic E-state index is 0.0794. The molecule has 2 aliphatic rings. The van der Waals surface area contributed by atoms with E-state index >= 15 is 0 Å². The van der Waals surface area contributed by atoms with Gasteiger partial charge in [-0.3, -0.25) is 9.59 Å². The van der Waals surface area contributed by atoms with Crippen LogP contribution in [-0.2, 0) is 32.5 Å². The van der Waals surface area contributed by atoms with E-state index < -0.39 is 34.1 Å². The number of aliphatic hydroxyl groups is 1. The zero-order valence-corrected chi connectivity index (χ0v) is 28.0. The highest BCUT2D eigenvalue weighted by Gasteiger charge is 2.36. The van der Waals surface area contributed by atoms with Crippen LogP contribution in [0.25, 0.3) is 0 Å². The van der Waals surface area contributed by atoms with Crippen molar-refractivity contribution >= 4 is 57.0 Å².